The molecule has 1 heterocycles. The Labute approximate surface area is 186 Å². The summed E-state index contributed by atoms with van der Waals surface area (Å²) in [6.45, 7) is 5.46. The number of unbranched alkanes of at least 4 members (excludes halogenated alkanes) is 3. The van der Waals surface area contributed by atoms with E-state index in [9.17, 15) is 0 Å². The molecule has 0 bridgehead atoms. The second-order valence-electron chi connectivity index (χ2n) is 7.93. The van der Waals surface area contributed by atoms with Gasteiger partial charge in [-0.05, 0) is 24.0 Å². The maximum absolute atomic E-state index is 6.98. The van der Waals surface area contributed by atoms with Crippen molar-refractivity contribution in [2.24, 2.45) is 5.73 Å². The number of hydrogen-bond acceptors (Lipinski definition) is 3. The Balaban J connectivity index is 2.03. The second-order valence-corrected chi connectivity index (χ2v) is 9.14. The van der Waals surface area contributed by atoms with E-state index in [4.69, 9.17) is 10.7 Å². The first-order valence-corrected chi connectivity index (χ1v) is 12.1. The van der Waals surface area contributed by atoms with Crippen LogP contribution in [-0.4, -0.2) is 15.6 Å². The molecule has 0 fully saturated rings. The van der Waals surface area contributed by atoms with Crippen LogP contribution in [0.3, 0.4) is 0 Å². The van der Waals surface area contributed by atoms with Crippen LogP contribution < -0.4 is 5.73 Å². The molecule has 2 N–H and O–H groups in total. The van der Waals surface area contributed by atoms with E-state index >= 15 is 0 Å². The smallest absolute Gasteiger partial charge is 0.169 e. The van der Waals surface area contributed by atoms with E-state index in [0.29, 0.717) is 0 Å². The number of benzene rings is 2. The number of aromatic nitrogens is 2. The van der Waals surface area contributed by atoms with Gasteiger partial charge in [0.05, 0.1) is 4.75 Å². The summed E-state index contributed by atoms with van der Waals surface area (Å²) >= 11 is 1.81. The molecule has 4 heteroatoms. The summed E-state index contributed by atoms with van der Waals surface area (Å²) in [5.74, 6) is 0. The molecule has 0 aliphatic carbocycles. The first-order chi connectivity index (χ1) is 14.7. The molecule has 2 aromatic carbocycles. The van der Waals surface area contributed by atoms with Gasteiger partial charge in [0.15, 0.2) is 5.16 Å². The molecule has 3 nitrogen and oxygen atoms in total. The van der Waals surface area contributed by atoms with Crippen molar-refractivity contribution in [3.8, 4) is 0 Å². The molecule has 0 saturated heterocycles. The molecule has 0 aliphatic rings. The fourth-order valence-electron chi connectivity index (χ4n) is 4.10. The SMILES string of the molecule is CCCCCCn1ccnc1SC(c1ccccc1)(c1ccccc1)[C@@H](N)CCC. The van der Waals surface area contributed by atoms with Gasteiger partial charge in [-0.3, -0.25) is 0 Å². The minimum absolute atomic E-state index is 0.0254. The molecule has 0 aliphatic heterocycles. The van der Waals surface area contributed by atoms with Crippen LogP contribution in [0, 0.1) is 0 Å². The zero-order chi connectivity index (χ0) is 21.2. The average molecular weight is 422 g/mol. The minimum atomic E-state index is -0.384. The Kier molecular flexibility index (Phi) is 8.59. The number of nitrogens with zero attached hydrogens (tertiary/aromatic N) is 2. The Morgan fingerprint density at radius 3 is 2.10 bits per heavy atom. The Bertz CT molecular complexity index is 821. The summed E-state index contributed by atoms with van der Waals surface area (Å²) in [5.41, 5.74) is 9.45. The summed E-state index contributed by atoms with van der Waals surface area (Å²) in [4.78, 5) is 4.76. The summed E-state index contributed by atoms with van der Waals surface area (Å²) in [6, 6.07) is 21.4. The van der Waals surface area contributed by atoms with Gasteiger partial charge in [0.2, 0.25) is 0 Å². The quantitative estimate of drug-likeness (QED) is 0.264. The number of nitrogens with two attached hydrogens (primary N) is 1. The van der Waals surface area contributed by atoms with Gasteiger partial charge in [-0.25, -0.2) is 4.98 Å². The van der Waals surface area contributed by atoms with Crippen LogP contribution in [0.25, 0.3) is 0 Å². The standard InChI is InChI=1S/C26H35N3S/c1-3-5-6-13-20-29-21-19-28-25(29)30-26(24(27)14-4-2,22-15-9-7-10-16-22)23-17-11-8-12-18-23/h7-12,15-19,21,24H,3-6,13-14,20,27H2,1-2H3/t24-/m0/s1. The summed E-state index contributed by atoms with van der Waals surface area (Å²) in [5, 5.41) is 1.05. The minimum Gasteiger partial charge on any atom is -0.326 e. The molecular formula is C26H35N3S. The van der Waals surface area contributed by atoms with Crippen molar-refractivity contribution in [1.29, 1.82) is 0 Å². The topological polar surface area (TPSA) is 43.8 Å². The molecule has 0 spiro atoms. The molecule has 1 aromatic heterocycles. The number of aryl methyl sites for hydroxylation is 1. The largest absolute Gasteiger partial charge is 0.326 e. The molecule has 0 amide bonds. The van der Waals surface area contributed by atoms with E-state index in [0.717, 1.165) is 24.5 Å². The second kappa shape index (κ2) is 11.4. The summed E-state index contributed by atoms with van der Waals surface area (Å²) < 4.78 is 1.92. The lowest BCUT2D eigenvalue weighted by molar-refractivity contribution is 0.502. The van der Waals surface area contributed by atoms with Crippen molar-refractivity contribution in [3.63, 3.8) is 0 Å². The highest BCUT2D eigenvalue weighted by molar-refractivity contribution is 8.00. The number of hydrogen-bond donors (Lipinski definition) is 1. The van der Waals surface area contributed by atoms with Gasteiger partial charge in [-0.2, -0.15) is 0 Å². The molecule has 3 aromatic rings. The van der Waals surface area contributed by atoms with Crippen molar-refractivity contribution < 1.29 is 0 Å². The number of rotatable bonds is 12. The van der Waals surface area contributed by atoms with Crippen LogP contribution in [0.5, 0.6) is 0 Å². The van der Waals surface area contributed by atoms with Crippen LogP contribution >= 0.6 is 11.8 Å². The van der Waals surface area contributed by atoms with E-state index in [1.165, 1.54) is 36.8 Å². The van der Waals surface area contributed by atoms with Gasteiger partial charge < -0.3 is 10.3 Å². The van der Waals surface area contributed by atoms with Crippen LogP contribution in [-0.2, 0) is 11.3 Å². The Morgan fingerprint density at radius 1 is 0.900 bits per heavy atom. The van der Waals surface area contributed by atoms with Gasteiger partial charge in [-0.1, -0.05) is 112 Å². The van der Waals surface area contributed by atoms with E-state index < -0.39 is 0 Å². The van der Waals surface area contributed by atoms with Gasteiger partial charge >= 0.3 is 0 Å². The first kappa shape index (κ1) is 22.6. The maximum atomic E-state index is 6.98. The van der Waals surface area contributed by atoms with Crippen molar-refractivity contribution in [3.05, 3.63) is 84.2 Å². The van der Waals surface area contributed by atoms with Crippen molar-refractivity contribution in [1.82, 2.24) is 9.55 Å². The average Bonchev–Trinajstić information content (AvgIpc) is 3.23. The molecule has 0 unspecified atom stereocenters. The predicted molar refractivity (Wildman–Crippen MR) is 129 cm³/mol. The Hall–Kier alpha value is -2.04. The van der Waals surface area contributed by atoms with Gasteiger partial charge in [-0.15, -0.1) is 0 Å². The highest BCUT2D eigenvalue weighted by Crippen LogP contribution is 2.49. The lowest BCUT2D eigenvalue weighted by Crippen LogP contribution is -2.44. The highest BCUT2D eigenvalue weighted by Gasteiger charge is 2.42. The Morgan fingerprint density at radius 2 is 1.53 bits per heavy atom. The number of thioether (sulfide) groups is 1. The summed E-state index contributed by atoms with van der Waals surface area (Å²) in [7, 11) is 0. The fraction of sp³-hybridized carbons (Fsp3) is 0.423. The zero-order valence-electron chi connectivity index (χ0n) is 18.3. The fourth-order valence-corrected chi connectivity index (χ4v) is 5.55. The third kappa shape index (κ3) is 5.16. The monoisotopic (exact) mass is 421 g/mol. The van der Waals surface area contributed by atoms with Crippen LogP contribution in [0.15, 0.2) is 78.2 Å². The zero-order valence-corrected chi connectivity index (χ0v) is 19.2. The molecule has 30 heavy (non-hydrogen) atoms. The lowest BCUT2D eigenvalue weighted by atomic mass is 9.82. The van der Waals surface area contributed by atoms with Gasteiger partial charge in [0.25, 0.3) is 0 Å². The normalized spacial score (nSPS) is 12.8. The molecule has 0 saturated carbocycles. The molecule has 1 atom stereocenters. The van der Waals surface area contributed by atoms with Crippen LogP contribution in [0.2, 0.25) is 0 Å². The van der Waals surface area contributed by atoms with Crippen molar-refractivity contribution in [2.75, 3.05) is 0 Å². The van der Waals surface area contributed by atoms with E-state index in [-0.39, 0.29) is 10.8 Å². The molecule has 0 radical (unpaired) electrons. The third-order valence-electron chi connectivity index (χ3n) is 5.71. The molecular weight excluding hydrogens is 386 g/mol. The molecule has 3 rings (SSSR count). The number of imidazole rings is 1. The van der Waals surface area contributed by atoms with Gasteiger partial charge in [0, 0.05) is 25.0 Å². The van der Waals surface area contributed by atoms with Crippen molar-refractivity contribution in [2.45, 2.75) is 74.9 Å². The molecule has 160 valence electrons. The third-order valence-corrected chi connectivity index (χ3v) is 7.33. The van der Waals surface area contributed by atoms with Gasteiger partial charge in [0.1, 0.15) is 0 Å². The van der Waals surface area contributed by atoms with Crippen LogP contribution in [0.4, 0.5) is 0 Å². The maximum Gasteiger partial charge on any atom is 0.169 e. The predicted octanol–water partition coefficient (Wildman–Crippen LogP) is 6.63. The van der Waals surface area contributed by atoms with Crippen molar-refractivity contribution >= 4 is 11.8 Å². The highest BCUT2D eigenvalue weighted by atomic mass is 32.2. The van der Waals surface area contributed by atoms with E-state index in [2.05, 4.69) is 85.3 Å². The first-order valence-electron chi connectivity index (χ1n) is 11.3. The van der Waals surface area contributed by atoms with Crippen LogP contribution in [0.1, 0.15) is 63.5 Å². The van der Waals surface area contributed by atoms with E-state index in [1.54, 1.807) is 0 Å². The lowest BCUT2D eigenvalue weighted by Gasteiger charge is -2.39. The summed E-state index contributed by atoms with van der Waals surface area (Å²) in [6.07, 6.45) is 11.0. The van der Waals surface area contributed by atoms with E-state index in [1.807, 2.05) is 18.0 Å².